The van der Waals surface area contributed by atoms with Gasteiger partial charge >= 0.3 is 0 Å². The van der Waals surface area contributed by atoms with Crippen molar-refractivity contribution in [3.63, 3.8) is 0 Å². The summed E-state index contributed by atoms with van der Waals surface area (Å²) in [6.45, 7) is 0.474. The largest absolute Gasteiger partial charge is 0.489 e. The molecule has 1 amide bonds. The lowest BCUT2D eigenvalue weighted by Gasteiger charge is -2.07. The molecule has 154 valence electrons. The van der Waals surface area contributed by atoms with Gasteiger partial charge in [-0.1, -0.05) is 72.3 Å². The summed E-state index contributed by atoms with van der Waals surface area (Å²) in [6.07, 6.45) is 1.49. The van der Waals surface area contributed by atoms with Crippen LogP contribution in [0, 0.1) is 0 Å². The van der Waals surface area contributed by atoms with Crippen LogP contribution in [-0.2, 0) is 6.61 Å². The number of carbonyl (C=O) groups excluding carboxylic acids is 1. The zero-order valence-electron chi connectivity index (χ0n) is 16.5. The highest BCUT2D eigenvalue weighted by molar-refractivity contribution is 6.33. The molecular weight excluding hydrogens is 412 g/mol. The number of nitrogens with zero attached hydrogens (tertiary/aromatic N) is 2. The molecule has 1 aromatic heterocycles. The van der Waals surface area contributed by atoms with Crippen molar-refractivity contribution in [2.75, 3.05) is 0 Å². The first-order valence-corrected chi connectivity index (χ1v) is 9.97. The Morgan fingerprint density at radius 2 is 1.84 bits per heavy atom. The minimum atomic E-state index is -0.404. The van der Waals surface area contributed by atoms with Crippen LogP contribution in [0.25, 0.3) is 11.3 Å². The predicted octanol–water partition coefficient (Wildman–Crippen LogP) is 5.07. The zero-order valence-corrected chi connectivity index (χ0v) is 17.2. The third-order valence-corrected chi connectivity index (χ3v) is 4.82. The third kappa shape index (κ3) is 5.38. The van der Waals surface area contributed by atoms with E-state index in [1.807, 2.05) is 66.7 Å². The number of rotatable bonds is 7. The van der Waals surface area contributed by atoms with Crippen LogP contribution in [0.3, 0.4) is 0 Å². The molecule has 0 bridgehead atoms. The maximum Gasteiger partial charge on any atom is 0.289 e. The standard InChI is InChI=1S/C24H19ClN4O2/c25-21-12-5-4-9-19(21)15-26-29-24(30)23-14-22(27-28-23)18-10-6-11-20(13-18)31-16-17-7-2-1-3-8-17/h1-15H,16H2,(H,27,28)(H,29,30). The van der Waals surface area contributed by atoms with Gasteiger partial charge in [-0.2, -0.15) is 10.2 Å². The Bertz CT molecular complexity index is 1200. The van der Waals surface area contributed by atoms with Gasteiger partial charge < -0.3 is 4.74 Å². The third-order valence-electron chi connectivity index (χ3n) is 4.48. The lowest BCUT2D eigenvalue weighted by atomic mass is 10.1. The molecule has 0 aliphatic rings. The number of aromatic amines is 1. The van der Waals surface area contributed by atoms with Crippen LogP contribution in [0.1, 0.15) is 21.6 Å². The Labute approximate surface area is 184 Å². The second-order valence-electron chi connectivity index (χ2n) is 6.69. The summed E-state index contributed by atoms with van der Waals surface area (Å²) < 4.78 is 5.87. The number of carbonyl (C=O) groups is 1. The molecule has 2 N–H and O–H groups in total. The van der Waals surface area contributed by atoms with Gasteiger partial charge in [-0.25, -0.2) is 5.43 Å². The normalized spacial score (nSPS) is 10.9. The number of ether oxygens (including phenoxy) is 1. The first kappa shape index (κ1) is 20.4. The molecule has 0 aliphatic carbocycles. The summed E-state index contributed by atoms with van der Waals surface area (Å²) in [5.74, 6) is 0.318. The summed E-state index contributed by atoms with van der Waals surface area (Å²) in [4.78, 5) is 12.3. The van der Waals surface area contributed by atoms with Gasteiger partial charge in [0.1, 0.15) is 18.1 Å². The first-order valence-electron chi connectivity index (χ1n) is 9.59. The Balaban J connectivity index is 1.40. The fourth-order valence-electron chi connectivity index (χ4n) is 2.87. The fraction of sp³-hybridized carbons (Fsp3) is 0.0417. The topological polar surface area (TPSA) is 79.4 Å². The number of amides is 1. The van der Waals surface area contributed by atoms with E-state index in [1.54, 1.807) is 18.2 Å². The minimum absolute atomic E-state index is 0.293. The van der Waals surface area contributed by atoms with Crippen molar-refractivity contribution < 1.29 is 9.53 Å². The van der Waals surface area contributed by atoms with Crippen LogP contribution in [-0.4, -0.2) is 22.3 Å². The van der Waals surface area contributed by atoms with Gasteiger partial charge in [-0.15, -0.1) is 0 Å². The number of hydrazone groups is 1. The maximum absolute atomic E-state index is 12.3. The number of H-pyrrole nitrogens is 1. The zero-order chi connectivity index (χ0) is 21.5. The van der Waals surface area contributed by atoms with E-state index in [9.17, 15) is 4.79 Å². The van der Waals surface area contributed by atoms with Crippen molar-refractivity contribution in [1.82, 2.24) is 15.6 Å². The molecule has 0 atom stereocenters. The summed E-state index contributed by atoms with van der Waals surface area (Å²) in [5, 5.41) is 11.5. The van der Waals surface area contributed by atoms with Gasteiger partial charge in [0, 0.05) is 16.1 Å². The van der Waals surface area contributed by atoms with Crippen molar-refractivity contribution in [1.29, 1.82) is 0 Å². The maximum atomic E-state index is 12.3. The summed E-state index contributed by atoms with van der Waals surface area (Å²) in [6, 6.07) is 26.4. The highest BCUT2D eigenvalue weighted by atomic mass is 35.5. The second-order valence-corrected chi connectivity index (χ2v) is 7.10. The molecule has 4 aromatic rings. The summed E-state index contributed by atoms with van der Waals surface area (Å²) >= 11 is 6.07. The summed E-state index contributed by atoms with van der Waals surface area (Å²) in [5.41, 5.74) is 6.02. The van der Waals surface area contributed by atoms with Crippen molar-refractivity contribution in [3.8, 4) is 17.0 Å². The van der Waals surface area contributed by atoms with E-state index in [1.165, 1.54) is 6.21 Å². The van der Waals surface area contributed by atoms with Crippen LogP contribution >= 0.6 is 11.6 Å². The number of hydrogen-bond acceptors (Lipinski definition) is 4. The van der Waals surface area contributed by atoms with Crippen LogP contribution in [0.5, 0.6) is 5.75 Å². The molecule has 0 spiro atoms. The van der Waals surface area contributed by atoms with Crippen LogP contribution < -0.4 is 10.2 Å². The van der Waals surface area contributed by atoms with Crippen LogP contribution in [0.15, 0.2) is 90.0 Å². The number of benzene rings is 3. The molecule has 0 saturated heterocycles. The van der Waals surface area contributed by atoms with Crippen molar-refractivity contribution in [2.24, 2.45) is 5.10 Å². The Morgan fingerprint density at radius 3 is 2.68 bits per heavy atom. The number of aromatic nitrogens is 2. The van der Waals surface area contributed by atoms with Gasteiger partial charge in [-0.3, -0.25) is 9.89 Å². The average molecular weight is 431 g/mol. The number of halogens is 1. The van der Waals surface area contributed by atoms with Crippen LogP contribution in [0.2, 0.25) is 5.02 Å². The SMILES string of the molecule is O=C(NN=Cc1ccccc1Cl)c1cc(-c2cccc(OCc3ccccc3)c2)n[nH]1. The van der Waals surface area contributed by atoms with Crippen molar-refractivity contribution in [2.45, 2.75) is 6.61 Å². The van der Waals surface area contributed by atoms with E-state index in [4.69, 9.17) is 16.3 Å². The summed E-state index contributed by atoms with van der Waals surface area (Å²) in [7, 11) is 0. The van der Waals surface area contributed by atoms with E-state index >= 15 is 0 Å². The second kappa shape index (κ2) is 9.73. The Morgan fingerprint density at radius 1 is 1.03 bits per heavy atom. The van der Waals surface area contributed by atoms with Gasteiger partial charge in [0.05, 0.1) is 11.9 Å². The molecule has 0 radical (unpaired) electrons. The monoisotopic (exact) mass is 430 g/mol. The molecular formula is C24H19ClN4O2. The minimum Gasteiger partial charge on any atom is -0.489 e. The Kier molecular flexibility index (Phi) is 6.40. The highest BCUT2D eigenvalue weighted by Crippen LogP contribution is 2.23. The van der Waals surface area contributed by atoms with Crippen LogP contribution in [0.4, 0.5) is 0 Å². The first-order chi connectivity index (χ1) is 15.2. The molecule has 0 aliphatic heterocycles. The number of nitrogens with one attached hydrogen (secondary N) is 2. The van der Waals surface area contributed by atoms with E-state index in [0.29, 0.717) is 28.6 Å². The molecule has 31 heavy (non-hydrogen) atoms. The molecule has 0 saturated carbocycles. The lowest BCUT2D eigenvalue weighted by Crippen LogP contribution is -2.18. The average Bonchev–Trinajstić information content (AvgIpc) is 3.30. The van der Waals surface area contributed by atoms with Crippen molar-refractivity contribution in [3.05, 3.63) is 107 Å². The highest BCUT2D eigenvalue weighted by Gasteiger charge is 2.11. The van der Waals surface area contributed by atoms with Gasteiger partial charge in [0.25, 0.3) is 5.91 Å². The Hall–Kier alpha value is -3.90. The molecule has 7 heteroatoms. The molecule has 1 heterocycles. The quantitative estimate of drug-likeness (QED) is 0.317. The fourth-order valence-corrected chi connectivity index (χ4v) is 3.06. The van der Waals surface area contributed by atoms with E-state index in [-0.39, 0.29) is 0 Å². The van der Waals surface area contributed by atoms with Crippen molar-refractivity contribution >= 4 is 23.7 Å². The van der Waals surface area contributed by atoms with E-state index in [2.05, 4.69) is 20.7 Å². The molecule has 4 rings (SSSR count). The van der Waals surface area contributed by atoms with Gasteiger partial charge in [0.2, 0.25) is 0 Å². The van der Waals surface area contributed by atoms with E-state index < -0.39 is 5.91 Å². The smallest absolute Gasteiger partial charge is 0.289 e. The molecule has 0 fully saturated rings. The number of hydrogen-bond donors (Lipinski definition) is 2. The van der Waals surface area contributed by atoms with E-state index in [0.717, 1.165) is 16.9 Å². The van der Waals surface area contributed by atoms with Gasteiger partial charge in [-0.05, 0) is 29.8 Å². The molecule has 0 unspecified atom stereocenters. The molecule has 6 nitrogen and oxygen atoms in total. The van der Waals surface area contributed by atoms with Gasteiger partial charge in [0.15, 0.2) is 0 Å². The predicted molar refractivity (Wildman–Crippen MR) is 121 cm³/mol. The lowest BCUT2D eigenvalue weighted by molar-refractivity contribution is 0.0950. The molecule has 3 aromatic carbocycles.